The zero-order valence-electron chi connectivity index (χ0n) is 28.1. The van der Waals surface area contributed by atoms with E-state index in [4.69, 9.17) is 4.74 Å². The fraction of sp³-hybridized carbons (Fsp3) is 0.405. The third-order valence-corrected chi connectivity index (χ3v) is 7.05. The van der Waals surface area contributed by atoms with Crippen LogP contribution in [0.25, 0.3) is 0 Å². The lowest BCUT2D eigenvalue weighted by atomic mass is 9.89. The minimum Gasteiger partial charge on any atom is -0.446 e. The molecule has 2 N–H and O–H groups in total. The molecule has 1 atom stereocenters. The fourth-order valence-corrected chi connectivity index (χ4v) is 4.61. The first-order valence-electron chi connectivity index (χ1n) is 15.7. The van der Waals surface area contributed by atoms with E-state index in [1.54, 1.807) is 19.2 Å². The van der Waals surface area contributed by atoms with E-state index >= 15 is 0 Å². The minimum absolute atomic E-state index is 0.0518. The first-order valence-corrected chi connectivity index (χ1v) is 15.7. The van der Waals surface area contributed by atoms with Gasteiger partial charge >= 0.3 is 12.1 Å². The van der Waals surface area contributed by atoms with Gasteiger partial charge in [0.25, 0.3) is 5.91 Å². The maximum absolute atomic E-state index is 12.7. The lowest BCUT2D eigenvalue weighted by Crippen LogP contribution is -2.39. The Morgan fingerprint density at radius 3 is 2.38 bits per heavy atom. The van der Waals surface area contributed by atoms with E-state index in [2.05, 4.69) is 43.3 Å². The molecule has 0 bridgehead atoms. The summed E-state index contributed by atoms with van der Waals surface area (Å²) in [6, 6.07) is 16.1. The van der Waals surface area contributed by atoms with E-state index in [1.165, 1.54) is 4.90 Å². The Balaban J connectivity index is 0.000000314. The van der Waals surface area contributed by atoms with Crippen LogP contribution in [0.4, 0.5) is 15.3 Å². The number of rotatable bonds is 10. The molecule has 1 fully saturated rings. The Bertz CT molecular complexity index is 1400. The first-order chi connectivity index (χ1) is 21.4. The van der Waals surface area contributed by atoms with Gasteiger partial charge in [-0.2, -0.15) is 0 Å². The second-order valence-corrected chi connectivity index (χ2v) is 11.8. The summed E-state index contributed by atoms with van der Waals surface area (Å²) in [5.74, 6) is -0.319. The molecule has 8 nitrogen and oxygen atoms in total. The van der Waals surface area contributed by atoms with Gasteiger partial charge in [-0.05, 0) is 69.0 Å². The summed E-state index contributed by atoms with van der Waals surface area (Å²) >= 11 is 0. The van der Waals surface area contributed by atoms with Crippen molar-refractivity contribution in [3.8, 4) is 0 Å². The number of aryl methyl sites for hydroxylation is 1. The van der Waals surface area contributed by atoms with Gasteiger partial charge in [-0.1, -0.05) is 95.2 Å². The number of hydrogen-bond donors (Lipinski definition) is 2. The van der Waals surface area contributed by atoms with Gasteiger partial charge in [-0.25, -0.2) is 14.5 Å². The molecule has 1 unspecified atom stereocenters. The predicted octanol–water partition coefficient (Wildman–Crippen LogP) is 8.87. The van der Waals surface area contributed by atoms with Crippen LogP contribution >= 0.6 is 0 Å². The van der Waals surface area contributed by atoms with E-state index in [0.29, 0.717) is 5.56 Å². The molecule has 45 heavy (non-hydrogen) atoms. The Kier molecular flexibility index (Phi) is 15.0. The molecule has 8 heteroatoms. The molecule has 1 aliphatic heterocycles. The quantitative estimate of drug-likeness (QED) is 0.206. The van der Waals surface area contributed by atoms with E-state index in [0.717, 1.165) is 53.9 Å². The zero-order valence-corrected chi connectivity index (χ0v) is 28.1. The second-order valence-electron chi connectivity index (χ2n) is 11.8. The van der Waals surface area contributed by atoms with Crippen molar-refractivity contribution >= 4 is 29.4 Å². The number of para-hydroxylation sites is 1. The number of aliphatic imine (C=N–C) groups is 1. The van der Waals surface area contributed by atoms with Crippen LogP contribution in [-0.2, 0) is 4.74 Å². The van der Waals surface area contributed by atoms with Crippen molar-refractivity contribution in [2.45, 2.75) is 80.2 Å². The summed E-state index contributed by atoms with van der Waals surface area (Å²) in [7, 11) is 1.79. The molecule has 0 spiro atoms. The molecular weight excluding hydrogens is 564 g/mol. The standard InChI is InChI=1S/C19H29N3O.C18H21NO3/c1-6-7-11-16(14-17(20-5)19(2,3)4)22-18(23)21-15-12-9-8-10-13-15;1-4-6-9-14(5-2)16-12-22-18(21)19(16)17(20)15-10-7-8-13(3)11-15/h8-10,12-14H,6-7,11H2,1-5H3,(H2,21,22,23);5-11,16H,4,12H2,1-3H3/b16-14+,20-17?;9-6-,14-5+. The highest BCUT2D eigenvalue weighted by Crippen LogP contribution is 2.24. The Morgan fingerprint density at radius 1 is 1.09 bits per heavy atom. The highest BCUT2D eigenvalue weighted by atomic mass is 16.6. The van der Waals surface area contributed by atoms with Crippen molar-refractivity contribution in [1.82, 2.24) is 10.2 Å². The molecule has 242 valence electrons. The normalized spacial score (nSPS) is 15.8. The van der Waals surface area contributed by atoms with Crippen LogP contribution in [-0.4, -0.2) is 48.3 Å². The van der Waals surface area contributed by atoms with Gasteiger partial charge in [-0.15, -0.1) is 0 Å². The van der Waals surface area contributed by atoms with Crippen LogP contribution in [0.15, 0.2) is 95.2 Å². The van der Waals surface area contributed by atoms with Crippen LogP contribution in [0.2, 0.25) is 0 Å². The largest absolute Gasteiger partial charge is 0.446 e. The van der Waals surface area contributed by atoms with Crippen molar-refractivity contribution in [3.63, 3.8) is 0 Å². The molecule has 1 heterocycles. The first kappa shape index (κ1) is 36.7. The number of urea groups is 1. The predicted molar refractivity (Wildman–Crippen MR) is 185 cm³/mol. The number of benzene rings is 2. The van der Waals surface area contributed by atoms with Gasteiger partial charge in [0.15, 0.2) is 0 Å². The number of carbonyl (C=O) groups is 3. The van der Waals surface area contributed by atoms with E-state index < -0.39 is 6.09 Å². The van der Waals surface area contributed by atoms with Crippen molar-refractivity contribution in [3.05, 3.63) is 101 Å². The molecular formula is C37H50N4O4. The van der Waals surface area contributed by atoms with Crippen LogP contribution in [0.5, 0.6) is 0 Å². The zero-order chi connectivity index (χ0) is 33.4. The number of allylic oxidation sites excluding steroid dienone is 4. The molecule has 3 rings (SSSR count). The molecule has 0 saturated carbocycles. The lowest BCUT2D eigenvalue weighted by Gasteiger charge is -2.20. The van der Waals surface area contributed by atoms with Gasteiger partial charge in [0.2, 0.25) is 0 Å². The summed E-state index contributed by atoms with van der Waals surface area (Å²) in [5, 5.41) is 5.82. The lowest BCUT2D eigenvalue weighted by molar-refractivity contribution is 0.0787. The van der Waals surface area contributed by atoms with Gasteiger partial charge in [0, 0.05) is 35.1 Å². The third kappa shape index (κ3) is 11.9. The number of cyclic esters (lactones) is 1. The van der Waals surface area contributed by atoms with Crippen LogP contribution in [0, 0.1) is 12.3 Å². The molecule has 2 aromatic rings. The monoisotopic (exact) mass is 614 g/mol. The molecule has 0 radical (unpaired) electrons. The van der Waals surface area contributed by atoms with Crippen molar-refractivity contribution in [2.24, 2.45) is 10.4 Å². The summed E-state index contributed by atoms with van der Waals surface area (Å²) in [4.78, 5) is 42.5. The van der Waals surface area contributed by atoms with Crippen molar-refractivity contribution < 1.29 is 19.1 Å². The number of imide groups is 1. The summed E-state index contributed by atoms with van der Waals surface area (Å²) in [5.41, 5.74) is 4.99. The average Bonchev–Trinajstić information content (AvgIpc) is 3.39. The van der Waals surface area contributed by atoms with E-state index in [9.17, 15) is 14.4 Å². The number of anilines is 1. The molecule has 1 aliphatic rings. The van der Waals surface area contributed by atoms with Gasteiger partial charge < -0.3 is 15.4 Å². The average molecular weight is 615 g/mol. The van der Waals surface area contributed by atoms with Crippen LogP contribution in [0.3, 0.4) is 0 Å². The number of unbranched alkanes of at least 4 members (excludes halogenated alkanes) is 1. The van der Waals surface area contributed by atoms with E-state index in [-0.39, 0.29) is 30.0 Å². The number of hydrogen-bond acceptors (Lipinski definition) is 5. The Morgan fingerprint density at radius 2 is 1.80 bits per heavy atom. The summed E-state index contributed by atoms with van der Waals surface area (Å²) in [6.07, 6.45) is 11.1. The topological polar surface area (TPSA) is 100 Å². The van der Waals surface area contributed by atoms with Crippen molar-refractivity contribution in [2.75, 3.05) is 19.0 Å². The number of carbonyl (C=O) groups excluding carboxylic acids is 3. The smallest absolute Gasteiger partial charge is 0.417 e. The highest BCUT2D eigenvalue weighted by Gasteiger charge is 2.39. The molecule has 4 amide bonds. The SMILES string of the molecule is C/C=C(\C=C/CC)C1COC(=O)N1C(=O)c1cccc(C)c1.CCCC/C(=C\C(=NC)C(C)(C)C)NC(=O)Nc1ccccc1. The fourth-order valence-electron chi connectivity index (χ4n) is 4.61. The number of amides is 4. The second kappa shape index (κ2) is 18.4. The van der Waals surface area contributed by atoms with E-state index in [1.807, 2.05) is 87.5 Å². The Hall–Kier alpha value is -4.46. The molecule has 2 aromatic carbocycles. The maximum atomic E-state index is 12.7. The summed E-state index contributed by atoms with van der Waals surface area (Å²) < 4.78 is 5.11. The van der Waals surface area contributed by atoms with Gasteiger partial charge in [-0.3, -0.25) is 9.79 Å². The molecule has 0 aliphatic carbocycles. The van der Waals surface area contributed by atoms with Crippen LogP contribution < -0.4 is 10.6 Å². The number of nitrogens with one attached hydrogen (secondary N) is 2. The molecule has 0 aromatic heterocycles. The van der Waals surface area contributed by atoms with Crippen molar-refractivity contribution in [1.29, 1.82) is 0 Å². The van der Waals surface area contributed by atoms with Gasteiger partial charge in [0.1, 0.15) is 12.6 Å². The Labute approximate surface area is 269 Å². The number of ether oxygens (including phenoxy) is 1. The third-order valence-electron chi connectivity index (χ3n) is 7.05. The van der Waals surface area contributed by atoms with Gasteiger partial charge in [0.05, 0.1) is 0 Å². The maximum Gasteiger partial charge on any atom is 0.417 e. The number of nitrogens with zero attached hydrogens (tertiary/aromatic N) is 2. The minimum atomic E-state index is -0.583. The summed E-state index contributed by atoms with van der Waals surface area (Å²) in [6.45, 7) is 14.5. The van der Waals surface area contributed by atoms with Crippen LogP contribution in [0.1, 0.15) is 83.1 Å². The molecule has 1 saturated heterocycles. The highest BCUT2D eigenvalue weighted by molar-refractivity contribution is 6.04.